The number of phenols is 2. The highest BCUT2D eigenvalue weighted by Crippen LogP contribution is 2.37. The van der Waals surface area contributed by atoms with E-state index in [4.69, 9.17) is 11.6 Å². The molecule has 1 atom stereocenters. The highest BCUT2D eigenvalue weighted by molar-refractivity contribution is 6.32. The van der Waals surface area contributed by atoms with E-state index < -0.39 is 0 Å². The van der Waals surface area contributed by atoms with Crippen LogP contribution >= 0.6 is 11.6 Å². The molecule has 3 N–H and O–H groups in total. The molecule has 1 unspecified atom stereocenters. The maximum absolute atomic E-state index is 13.0. The van der Waals surface area contributed by atoms with Crippen LogP contribution in [0, 0.1) is 0 Å². The largest absolute Gasteiger partial charge is 0.507 e. The lowest BCUT2D eigenvalue weighted by atomic mass is 10.0. The number of nitrogens with one attached hydrogen (secondary N) is 1. The fourth-order valence-electron chi connectivity index (χ4n) is 3.47. The van der Waals surface area contributed by atoms with Crippen LogP contribution in [0.3, 0.4) is 0 Å². The van der Waals surface area contributed by atoms with Crippen molar-refractivity contribution < 1.29 is 15.0 Å². The van der Waals surface area contributed by atoms with Crippen LogP contribution in [0.2, 0.25) is 5.02 Å². The molecule has 6 heteroatoms. The third-order valence-electron chi connectivity index (χ3n) is 4.86. The van der Waals surface area contributed by atoms with Crippen molar-refractivity contribution in [1.29, 1.82) is 0 Å². The minimum Gasteiger partial charge on any atom is -0.507 e. The van der Waals surface area contributed by atoms with Gasteiger partial charge in [0.2, 0.25) is 0 Å². The standard InChI is InChI=1S/C21H25ClN2O3/c1-13(2)23-12-14-5-3-6-15(9-14)18-7-4-8-24(18)21(27)16-10-17(22)20(26)11-19(16)25/h3,5-6,9-11,13,18,23,25-26H,4,7-8,12H2,1-2H3. The summed E-state index contributed by atoms with van der Waals surface area (Å²) in [6.07, 6.45) is 1.77. The number of amides is 1. The van der Waals surface area contributed by atoms with Gasteiger partial charge in [0.05, 0.1) is 16.6 Å². The van der Waals surface area contributed by atoms with Gasteiger partial charge in [0.25, 0.3) is 5.91 Å². The van der Waals surface area contributed by atoms with Crippen LogP contribution in [-0.4, -0.2) is 33.6 Å². The molecular formula is C21H25ClN2O3. The third-order valence-corrected chi connectivity index (χ3v) is 5.16. The molecule has 0 bridgehead atoms. The second-order valence-corrected chi connectivity index (χ2v) is 7.67. The molecule has 1 aliphatic rings. The molecule has 2 aromatic rings. The average molecular weight is 389 g/mol. The Morgan fingerprint density at radius 3 is 2.78 bits per heavy atom. The number of aromatic hydroxyl groups is 2. The molecular weight excluding hydrogens is 364 g/mol. The lowest BCUT2D eigenvalue weighted by Crippen LogP contribution is -2.30. The monoisotopic (exact) mass is 388 g/mol. The SMILES string of the molecule is CC(C)NCc1cccc(C2CCCN2C(=O)c2cc(Cl)c(O)cc2O)c1. The summed E-state index contributed by atoms with van der Waals surface area (Å²) in [5.41, 5.74) is 2.38. The fraction of sp³-hybridized carbons (Fsp3) is 0.381. The number of hydrogen-bond acceptors (Lipinski definition) is 4. The Kier molecular flexibility index (Phi) is 5.92. The number of halogens is 1. The average Bonchev–Trinajstić information content (AvgIpc) is 3.12. The zero-order chi connectivity index (χ0) is 19.6. The summed E-state index contributed by atoms with van der Waals surface area (Å²) in [5, 5.41) is 23.2. The molecule has 5 nitrogen and oxygen atoms in total. The number of phenolic OH excluding ortho intramolecular Hbond substituents is 2. The van der Waals surface area contributed by atoms with Crippen LogP contribution in [0.25, 0.3) is 0 Å². The zero-order valence-corrected chi connectivity index (χ0v) is 16.3. The normalized spacial score (nSPS) is 16.9. The highest BCUT2D eigenvalue weighted by atomic mass is 35.5. The van der Waals surface area contributed by atoms with Crippen molar-refractivity contribution in [1.82, 2.24) is 10.2 Å². The van der Waals surface area contributed by atoms with E-state index in [9.17, 15) is 15.0 Å². The molecule has 27 heavy (non-hydrogen) atoms. The fourth-order valence-corrected chi connectivity index (χ4v) is 3.63. The van der Waals surface area contributed by atoms with Gasteiger partial charge in [-0.05, 0) is 30.0 Å². The van der Waals surface area contributed by atoms with Gasteiger partial charge in [-0.25, -0.2) is 0 Å². The summed E-state index contributed by atoms with van der Waals surface area (Å²) in [4.78, 5) is 14.8. The summed E-state index contributed by atoms with van der Waals surface area (Å²) in [5.74, 6) is -0.779. The first-order valence-electron chi connectivity index (χ1n) is 9.21. The number of carbonyl (C=O) groups is 1. The van der Waals surface area contributed by atoms with Crippen molar-refractivity contribution >= 4 is 17.5 Å². The first-order chi connectivity index (χ1) is 12.9. The topological polar surface area (TPSA) is 72.8 Å². The summed E-state index contributed by atoms with van der Waals surface area (Å²) < 4.78 is 0. The molecule has 1 heterocycles. The molecule has 1 amide bonds. The van der Waals surface area contributed by atoms with Crippen LogP contribution < -0.4 is 5.32 Å². The van der Waals surface area contributed by atoms with Crippen molar-refractivity contribution in [3.8, 4) is 11.5 Å². The van der Waals surface area contributed by atoms with Gasteiger partial charge in [-0.15, -0.1) is 0 Å². The van der Waals surface area contributed by atoms with Crippen molar-refractivity contribution in [2.45, 2.75) is 45.3 Å². The van der Waals surface area contributed by atoms with Crippen LogP contribution in [0.4, 0.5) is 0 Å². The Hall–Kier alpha value is -2.24. The molecule has 2 aromatic carbocycles. The van der Waals surface area contributed by atoms with E-state index in [2.05, 4.69) is 31.3 Å². The molecule has 1 aliphatic heterocycles. The Morgan fingerprint density at radius 2 is 2.04 bits per heavy atom. The van der Waals surface area contributed by atoms with Gasteiger partial charge in [-0.2, -0.15) is 0 Å². The Morgan fingerprint density at radius 1 is 1.26 bits per heavy atom. The van der Waals surface area contributed by atoms with E-state index in [-0.39, 0.29) is 34.0 Å². The molecule has 0 spiro atoms. The molecule has 0 saturated carbocycles. The van der Waals surface area contributed by atoms with E-state index in [1.165, 1.54) is 11.6 Å². The predicted octanol–water partition coefficient (Wildman–Crippen LogP) is 4.23. The van der Waals surface area contributed by atoms with E-state index in [0.717, 1.165) is 31.0 Å². The van der Waals surface area contributed by atoms with Crippen molar-refractivity contribution in [3.63, 3.8) is 0 Å². The minimum absolute atomic E-state index is 0.0384. The Balaban J connectivity index is 1.84. The smallest absolute Gasteiger partial charge is 0.258 e. The molecule has 144 valence electrons. The zero-order valence-electron chi connectivity index (χ0n) is 15.6. The van der Waals surface area contributed by atoms with Gasteiger partial charge in [-0.3, -0.25) is 4.79 Å². The van der Waals surface area contributed by atoms with E-state index >= 15 is 0 Å². The van der Waals surface area contributed by atoms with Crippen molar-refractivity contribution in [3.05, 3.63) is 58.1 Å². The van der Waals surface area contributed by atoms with Gasteiger partial charge in [-0.1, -0.05) is 49.7 Å². The van der Waals surface area contributed by atoms with Gasteiger partial charge >= 0.3 is 0 Å². The van der Waals surface area contributed by atoms with Crippen LogP contribution in [0.5, 0.6) is 11.5 Å². The molecule has 0 aromatic heterocycles. The Labute approximate surface area is 164 Å². The van der Waals surface area contributed by atoms with Crippen LogP contribution in [-0.2, 0) is 6.54 Å². The molecule has 1 fully saturated rings. The summed E-state index contributed by atoms with van der Waals surface area (Å²) in [6.45, 7) is 5.61. The lowest BCUT2D eigenvalue weighted by molar-refractivity contribution is 0.0732. The Bertz CT molecular complexity index is 838. The third kappa shape index (κ3) is 4.37. The number of likely N-dealkylation sites (tertiary alicyclic amines) is 1. The number of carbonyl (C=O) groups excluding carboxylic acids is 1. The number of hydrogen-bond donors (Lipinski definition) is 3. The summed E-state index contributed by atoms with van der Waals surface area (Å²) in [6, 6.07) is 11.1. The maximum atomic E-state index is 13.0. The van der Waals surface area contributed by atoms with Gasteiger partial charge < -0.3 is 20.4 Å². The molecule has 0 radical (unpaired) electrons. The number of nitrogens with zero attached hydrogens (tertiary/aromatic N) is 1. The van der Waals surface area contributed by atoms with Crippen LogP contribution in [0.1, 0.15) is 54.2 Å². The van der Waals surface area contributed by atoms with E-state index in [0.29, 0.717) is 12.6 Å². The quantitative estimate of drug-likeness (QED) is 0.716. The molecule has 0 aliphatic carbocycles. The van der Waals surface area contributed by atoms with Crippen LogP contribution in [0.15, 0.2) is 36.4 Å². The first-order valence-corrected chi connectivity index (χ1v) is 9.59. The lowest BCUT2D eigenvalue weighted by Gasteiger charge is -2.26. The van der Waals surface area contributed by atoms with Crippen molar-refractivity contribution in [2.24, 2.45) is 0 Å². The number of benzene rings is 2. The summed E-state index contributed by atoms with van der Waals surface area (Å²) in [7, 11) is 0. The summed E-state index contributed by atoms with van der Waals surface area (Å²) >= 11 is 5.93. The van der Waals surface area contributed by atoms with Gasteiger partial charge in [0.15, 0.2) is 0 Å². The second kappa shape index (κ2) is 8.19. The van der Waals surface area contributed by atoms with Gasteiger partial charge in [0, 0.05) is 25.2 Å². The van der Waals surface area contributed by atoms with E-state index in [1.54, 1.807) is 4.90 Å². The maximum Gasteiger partial charge on any atom is 0.258 e. The molecule has 1 saturated heterocycles. The second-order valence-electron chi connectivity index (χ2n) is 7.26. The van der Waals surface area contributed by atoms with Gasteiger partial charge in [0.1, 0.15) is 11.5 Å². The van der Waals surface area contributed by atoms with E-state index in [1.807, 2.05) is 12.1 Å². The van der Waals surface area contributed by atoms with Crippen molar-refractivity contribution in [2.75, 3.05) is 6.54 Å². The minimum atomic E-state index is -0.275. The first kappa shape index (κ1) is 19.5. The predicted molar refractivity (Wildman–Crippen MR) is 106 cm³/mol. The highest BCUT2D eigenvalue weighted by Gasteiger charge is 2.32. The number of rotatable bonds is 5. The molecule has 3 rings (SSSR count).